The van der Waals surface area contributed by atoms with E-state index in [1.807, 2.05) is 6.07 Å². The molecular formula is C8H12ClNO2. The molecule has 0 aliphatic heterocycles. The van der Waals surface area contributed by atoms with Gasteiger partial charge < -0.3 is 15.5 Å². The fraction of sp³-hybridized carbons (Fsp3) is 0.250. The third kappa shape index (κ3) is 2.98. The summed E-state index contributed by atoms with van der Waals surface area (Å²) in [6.45, 7) is 0.520. The van der Waals surface area contributed by atoms with Crippen LogP contribution in [0.2, 0.25) is 0 Å². The summed E-state index contributed by atoms with van der Waals surface area (Å²) in [6, 6.07) is 6.92. The van der Waals surface area contributed by atoms with Crippen LogP contribution in [0.4, 0.5) is 5.69 Å². The first kappa shape index (κ1) is 11.1. The Morgan fingerprint density at radius 3 is 2.50 bits per heavy atom. The first-order valence-corrected chi connectivity index (χ1v) is 3.47. The second-order valence-corrected chi connectivity index (χ2v) is 2.17. The lowest BCUT2D eigenvalue weighted by atomic mass is 10.3. The molecule has 4 heteroatoms. The molecule has 3 N–H and O–H groups in total. The average Bonchev–Trinajstić information content (AvgIpc) is 2.03. The van der Waals surface area contributed by atoms with Crippen molar-refractivity contribution in [3.05, 3.63) is 24.3 Å². The van der Waals surface area contributed by atoms with Crippen molar-refractivity contribution in [3.8, 4) is 5.75 Å². The van der Waals surface area contributed by atoms with E-state index in [1.165, 1.54) is 0 Å². The lowest BCUT2D eigenvalue weighted by molar-refractivity contribution is 0.311. The van der Waals surface area contributed by atoms with Crippen LogP contribution in [0.3, 0.4) is 0 Å². The Morgan fingerprint density at radius 2 is 1.92 bits per heavy atom. The fourth-order valence-electron chi connectivity index (χ4n) is 0.814. The summed E-state index contributed by atoms with van der Waals surface area (Å²) < 4.78 is 0. The maximum absolute atomic E-state index is 9.19. The number of aliphatic hydroxyl groups excluding tert-OH is 1. The van der Waals surface area contributed by atoms with Gasteiger partial charge in [0.25, 0.3) is 0 Å². The normalized spacial score (nSPS) is 8.75. The molecule has 0 aliphatic carbocycles. The number of aromatic hydroxyl groups is 1. The van der Waals surface area contributed by atoms with Crippen molar-refractivity contribution < 1.29 is 10.2 Å². The molecule has 1 aromatic rings. The number of benzene rings is 1. The van der Waals surface area contributed by atoms with Gasteiger partial charge in [0.2, 0.25) is 0 Å². The zero-order valence-electron chi connectivity index (χ0n) is 6.53. The van der Waals surface area contributed by atoms with E-state index in [2.05, 4.69) is 5.32 Å². The van der Waals surface area contributed by atoms with Gasteiger partial charge in [-0.15, -0.1) is 12.4 Å². The minimum absolute atomic E-state index is 0. The predicted molar refractivity (Wildman–Crippen MR) is 50.9 cm³/mol. The Kier molecular flexibility index (Phi) is 5.25. The number of aliphatic hydroxyl groups is 1. The largest absolute Gasteiger partial charge is 0.506 e. The zero-order valence-corrected chi connectivity index (χ0v) is 7.34. The topological polar surface area (TPSA) is 52.5 Å². The van der Waals surface area contributed by atoms with Gasteiger partial charge in [0.15, 0.2) is 0 Å². The van der Waals surface area contributed by atoms with Gasteiger partial charge in [-0.1, -0.05) is 12.1 Å². The van der Waals surface area contributed by atoms with Gasteiger partial charge in [0.05, 0.1) is 12.3 Å². The highest BCUT2D eigenvalue weighted by atomic mass is 35.5. The molecule has 68 valence electrons. The Bertz CT molecular complexity index is 230. The molecule has 0 atom stereocenters. The summed E-state index contributed by atoms with van der Waals surface area (Å²) in [4.78, 5) is 0. The third-order valence-corrected chi connectivity index (χ3v) is 1.33. The molecule has 1 rings (SSSR count). The second kappa shape index (κ2) is 5.69. The molecule has 1 aromatic carbocycles. The highest BCUT2D eigenvalue weighted by Gasteiger charge is 1.95. The van der Waals surface area contributed by atoms with Crippen molar-refractivity contribution in [2.45, 2.75) is 0 Å². The van der Waals surface area contributed by atoms with Crippen molar-refractivity contribution in [3.63, 3.8) is 0 Å². The molecule has 0 radical (unpaired) electrons. The standard InChI is InChI=1S/C8H11NO2.ClH/c10-6-5-9-7-3-1-2-4-8(7)11;/h1-4,9-11H,5-6H2;1H. The van der Waals surface area contributed by atoms with Crippen LogP contribution in [0, 0.1) is 0 Å². The highest BCUT2D eigenvalue weighted by Crippen LogP contribution is 2.20. The van der Waals surface area contributed by atoms with Crippen molar-refractivity contribution >= 4 is 18.1 Å². The van der Waals surface area contributed by atoms with Crippen LogP contribution in [-0.4, -0.2) is 23.4 Å². The molecule has 0 saturated heterocycles. The SMILES string of the molecule is Cl.OCCNc1ccccc1O. The van der Waals surface area contributed by atoms with Crippen LogP contribution in [0.1, 0.15) is 0 Å². The van der Waals surface area contributed by atoms with E-state index in [-0.39, 0.29) is 24.8 Å². The molecule has 0 heterocycles. The molecule has 12 heavy (non-hydrogen) atoms. The summed E-state index contributed by atoms with van der Waals surface area (Å²) in [5.74, 6) is 0.209. The lowest BCUT2D eigenvalue weighted by Gasteiger charge is -2.04. The highest BCUT2D eigenvalue weighted by molar-refractivity contribution is 5.85. The number of anilines is 1. The Hall–Kier alpha value is -0.930. The molecule has 0 amide bonds. The van der Waals surface area contributed by atoms with Crippen LogP contribution < -0.4 is 5.32 Å². The first-order valence-electron chi connectivity index (χ1n) is 3.47. The van der Waals surface area contributed by atoms with Gasteiger partial charge >= 0.3 is 0 Å². The van der Waals surface area contributed by atoms with Gasteiger partial charge in [-0.2, -0.15) is 0 Å². The maximum Gasteiger partial charge on any atom is 0.138 e. The number of halogens is 1. The molecule has 0 unspecified atom stereocenters. The van der Waals surface area contributed by atoms with Crippen LogP contribution in [0.15, 0.2) is 24.3 Å². The number of nitrogens with one attached hydrogen (secondary N) is 1. The Labute approximate surface area is 77.5 Å². The summed E-state index contributed by atoms with van der Waals surface area (Å²) in [5, 5.41) is 20.5. The van der Waals surface area contributed by atoms with Crippen molar-refractivity contribution in [1.82, 2.24) is 0 Å². The molecule has 0 saturated carbocycles. The minimum Gasteiger partial charge on any atom is -0.506 e. The Balaban J connectivity index is 0.00000121. The summed E-state index contributed by atoms with van der Waals surface area (Å²) in [7, 11) is 0. The Morgan fingerprint density at radius 1 is 1.25 bits per heavy atom. The monoisotopic (exact) mass is 189 g/mol. The molecular weight excluding hydrogens is 178 g/mol. The quantitative estimate of drug-likeness (QED) is 0.627. The molecule has 0 bridgehead atoms. The molecule has 0 aromatic heterocycles. The fourth-order valence-corrected chi connectivity index (χ4v) is 0.814. The van der Waals surface area contributed by atoms with Crippen molar-refractivity contribution in [1.29, 1.82) is 0 Å². The summed E-state index contributed by atoms with van der Waals surface area (Å²) in [6.07, 6.45) is 0. The van der Waals surface area contributed by atoms with E-state index in [1.54, 1.807) is 18.2 Å². The number of para-hydroxylation sites is 2. The summed E-state index contributed by atoms with van der Waals surface area (Å²) in [5.41, 5.74) is 0.654. The minimum atomic E-state index is 0. The molecule has 0 spiro atoms. The smallest absolute Gasteiger partial charge is 0.138 e. The van der Waals surface area contributed by atoms with E-state index >= 15 is 0 Å². The maximum atomic E-state index is 9.19. The van der Waals surface area contributed by atoms with Crippen LogP contribution >= 0.6 is 12.4 Å². The van der Waals surface area contributed by atoms with E-state index < -0.39 is 0 Å². The van der Waals surface area contributed by atoms with Crippen molar-refractivity contribution in [2.75, 3.05) is 18.5 Å². The molecule has 3 nitrogen and oxygen atoms in total. The zero-order chi connectivity index (χ0) is 8.10. The van der Waals surface area contributed by atoms with Gasteiger partial charge in [-0.3, -0.25) is 0 Å². The number of phenolic OH excluding ortho intramolecular Hbond substituents is 1. The number of hydrogen-bond donors (Lipinski definition) is 3. The number of hydrogen-bond acceptors (Lipinski definition) is 3. The molecule has 0 fully saturated rings. The van der Waals surface area contributed by atoms with E-state index in [0.717, 1.165) is 0 Å². The third-order valence-electron chi connectivity index (χ3n) is 1.33. The number of rotatable bonds is 3. The molecule has 0 aliphatic rings. The lowest BCUT2D eigenvalue weighted by Crippen LogP contribution is -2.05. The van der Waals surface area contributed by atoms with Crippen LogP contribution in [0.5, 0.6) is 5.75 Å². The van der Waals surface area contributed by atoms with Crippen LogP contribution in [0.25, 0.3) is 0 Å². The summed E-state index contributed by atoms with van der Waals surface area (Å²) >= 11 is 0. The average molecular weight is 190 g/mol. The van der Waals surface area contributed by atoms with Crippen molar-refractivity contribution in [2.24, 2.45) is 0 Å². The predicted octanol–water partition coefficient (Wildman–Crippen LogP) is 1.22. The van der Waals surface area contributed by atoms with E-state index in [0.29, 0.717) is 12.2 Å². The van der Waals surface area contributed by atoms with Gasteiger partial charge in [-0.05, 0) is 12.1 Å². The van der Waals surface area contributed by atoms with E-state index in [4.69, 9.17) is 5.11 Å². The van der Waals surface area contributed by atoms with Gasteiger partial charge in [-0.25, -0.2) is 0 Å². The van der Waals surface area contributed by atoms with E-state index in [9.17, 15) is 5.11 Å². The van der Waals surface area contributed by atoms with Gasteiger partial charge in [0, 0.05) is 6.54 Å². The first-order chi connectivity index (χ1) is 5.34. The number of phenols is 1. The van der Waals surface area contributed by atoms with Crippen LogP contribution in [-0.2, 0) is 0 Å². The van der Waals surface area contributed by atoms with Gasteiger partial charge in [0.1, 0.15) is 5.75 Å². The second-order valence-electron chi connectivity index (χ2n) is 2.17.